The average Bonchev–Trinajstić information content (AvgIpc) is 2.51. The van der Waals surface area contributed by atoms with Gasteiger partial charge in [-0.25, -0.2) is 0 Å². The molecule has 1 aliphatic heterocycles. The fraction of sp³-hybridized carbons (Fsp3) is 0.833. The highest BCUT2D eigenvalue weighted by atomic mass is 16.4. The summed E-state index contributed by atoms with van der Waals surface area (Å²) in [5, 5.41) is 8.73. The molecule has 0 aromatic carbocycles. The van der Waals surface area contributed by atoms with Crippen molar-refractivity contribution in [1.82, 2.24) is 9.80 Å². The molecule has 0 unspecified atom stereocenters. The summed E-state index contributed by atoms with van der Waals surface area (Å²) in [5.41, 5.74) is 0. The minimum atomic E-state index is -0.796. The SMILES string of the molecule is CCCCC(=O)N1CCCN(CC(=O)O)CC1. The van der Waals surface area contributed by atoms with Crippen molar-refractivity contribution in [3.05, 3.63) is 0 Å². The van der Waals surface area contributed by atoms with Crippen molar-refractivity contribution < 1.29 is 14.7 Å². The van der Waals surface area contributed by atoms with Crippen LogP contribution < -0.4 is 0 Å². The first kappa shape index (κ1) is 14.0. The molecule has 17 heavy (non-hydrogen) atoms. The third kappa shape index (κ3) is 5.17. The highest BCUT2D eigenvalue weighted by Gasteiger charge is 2.19. The zero-order valence-electron chi connectivity index (χ0n) is 10.5. The molecule has 1 fully saturated rings. The van der Waals surface area contributed by atoms with Gasteiger partial charge in [0.15, 0.2) is 0 Å². The zero-order chi connectivity index (χ0) is 12.7. The molecule has 1 aliphatic rings. The molecule has 0 spiro atoms. The quantitative estimate of drug-likeness (QED) is 0.774. The molecule has 0 aromatic heterocycles. The van der Waals surface area contributed by atoms with E-state index in [-0.39, 0.29) is 12.5 Å². The molecule has 1 amide bonds. The van der Waals surface area contributed by atoms with Crippen LogP contribution in [0.2, 0.25) is 0 Å². The first-order valence-electron chi connectivity index (χ1n) is 6.35. The van der Waals surface area contributed by atoms with Crippen molar-refractivity contribution in [3.63, 3.8) is 0 Å². The van der Waals surface area contributed by atoms with E-state index in [4.69, 9.17) is 5.11 Å². The van der Waals surface area contributed by atoms with Crippen LogP contribution in [0.4, 0.5) is 0 Å². The Kier molecular flexibility index (Phi) is 5.97. The third-order valence-corrected chi connectivity index (χ3v) is 3.04. The lowest BCUT2D eigenvalue weighted by atomic mass is 10.2. The van der Waals surface area contributed by atoms with Gasteiger partial charge in [-0.05, 0) is 12.8 Å². The second-order valence-electron chi connectivity index (χ2n) is 4.51. The minimum Gasteiger partial charge on any atom is -0.480 e. The van der Waals surface area contributed by atoms with Crippen molar-refractivity contribution in [1.29, 1.82) is 0 Å². The molecule has 0 atom stereocenters. The minimum absolute atomic E-state index is 0.0803. The van der Waals surface area contributed by atoms with Crippen LogP contribution in [0.15, 0.2) is 0 Å². The van der Waals surface area contributed by atoms with Gasteiger partial charge in [0.05, 0.1) is 6.54 Å². The van der Waals surface area contributed by atoms with E-state index < -0.39 is 5.97 Å². The second-order valence-corrected chi connectivity index (χ2v) is 4.51. The van der Waals surface area contributed by atoms with Crippen LogP contribution >= 0.6 is 0 Å². The summed E-state index contributed by atoms with van der Waals surface area (Å²) in [6.07, 6.45) is 3.46. The highest BCUT2D eigenvalue weighted by molar-refractivity contribution is 5.76. The topological polar surface area (TPSA) is 60.9 Å². The van der Waals surface area contributed by atoms with Gasteiger partial charge in [-0.1, -0.05) is 13.3 Å². The first-order valence-corrected chi connectivity index (χ1v) is 6.35. The number of nitrogens with zero attached hydrogens (tertiary/aromatic N) is 2. The Bertz CT molecular complexity index is 268. The number of carboxylic acids is 1. The standard InChI is InChI=1S/C12H22N2O3/c1-2-3-5-11(15)14-7-4-6-13(8-9-14)10-12(16)17/h2-10H2,1H3,(H,16,17). The predicted octanol–water partition coefficient (Wildman–Crippen LogP) is 0.795. The van der Waals surface area contributed by atoms with E-state index >= 15 is 0 Å². The van der Waals surface area contributed by atoms with Crippen molar-refractivity contribution in [3.8, 4) is 0 Å². The van der Waals surface area contributed by atoms with Crippen LogP contribution in [0.3, 0.4) is 0 Å². The third-order valence-electron chi connectivity index (χ3n) is 3.04. The van der Waals surface area contributed by atoms with E-state index in [9.17, 15) is 9.59 Å². The molecule has 5 nitrogen and oxygen atoms in total. The Morgan fingerprint density at radius 3 is 2.59 bits per heavy atom. The summed E-state index contributed by atoms with van der Waals surface area (Å²) in [5.74, 6) is -0.584. The molecular formula is C12H22N2O3. The van der Waals surface area contributed by atoms with Gasteiger partial charge in [0, 0.05) is 32.6 Å². The lowest BCUT2D eigenvalue weighted by Gasteiger charge is -2.21. The van der Waals surface area contributed by atoms with Gasteiger partial charge in [-0.2, -0.15) is 0 Å². The molecule has 0 bridgehead atoms. The van der Waals surface area contributed by atoms with Crippen molar-refractivity contribution in [2.45, 2.75) is 32.6 Å². The highest BCUT2D eigenvalue weighted by Crippen LogP contribution is 2.06. The molecule has 1 rings (SSSR count). The summed E-state index contributed by atoms with van der Waals surface area (Å²) in [4.78, 5) is 26.2. The van der Waals surface area contributed by atoms with Crippen molar-refractivity contribution >= 4 is 11.9 Å². The van der Waals surface area contributed by atoms with Crippen LogP contribution in [0.5, 0.6) is 0 Å². The number of hydrogen-bond donors (Lipinski definition) is 1. The van der Waals surface area contributed by atoms with Gasteiger partial charge in [-0.15, -0.1) is 0 Å². The number of carboxylic acid groups (broad SMARTS) is 1. The number of rotatable bonds is 5. The van der Waals surface area contributed by atoms with Crippen LogP contribution in [0.25, 0.3) is 0 Å². The van der Waals surface area contributed by atoms with Crippen molar-refractivity contribution in [2.24, 2.45) is 0 Å². The van der Waals surface area contributed by atoms with Gasteiger partial charge in [-0.3, -0.25) is 14.5 Å². The normalized spacial score (nSPS) is 17.8. The monoisotopic (exact) mass is 242 g/mol. The fourth-order valence-corrected chi connectivity index (χ4v) is 2.06. The van der Waals surface area contributed by atoms with Gasteiger partial charge < -0.3 is 10.0 Å². The number of unbranched alkanes of at least 4 members (excludes halogenated alkanes) is 1. The van der Waals surface area contributed by atoms with E-state index in [1.165, 1.54) is 0 Å². The number of amides is 1. The molecule has 1 N–H and O–H groups in total. The van der Waals surface area contributed by atoms with Gasteiger partial charge in [0.2, 0.25) is 5.91 Å². The van der Waals surface area contributed by atoms with Gasteiger partial charge >= 0.3 is 5.97 Å². The van der Waals surface area contributed by atoms with Gasteiger partial charge in [0.25, 0.3) is 0 Å². The molecule has 0 aliphatic carbocycles. The van der Waals surface area contributed by atoms with Crippen LogP contribution in [-0.2, 0) is 9.59 Å². The van der Waals surface area contributed by atoms with Crippen LogP contribution in [-0.4, -0.2) is 59.5 Å². The van der Waals surface area contributed by atoms with Crippen LogP contribution in [0.1, 0.15) is 32.6 Å². The Hall–Kier alpha value is -1.10. The number of hydrogen-bond acceptors (Lipinski definition) is 3. The largest absolute Gasteiger partial charge is 0.480 e. The summed E-state index contributed by atoms with van der Waals surface area (Å²) < 4.78 is 0. The molecule has 0 radical (unpaired) electrons. The molecule has 0 aromatic rings. The lowest BCUT2D eigenvalue weighted by molar-refractivity contribution is -0.138. The second kappa shape index (κ2) is 7.27. The smallest absolute Gasteiger partial charge is 0.317 e. The summed E-state index contributed by atoms with van der Waals surface area (Å²) in [6.45, 7) is 5.02. The molecule has 5 heteroatoms. The molecule has 98 valence electrons. The van der Waals surface area contributed by atoms with E-state index in [1.54, 1.807) is 0 Å². The van der Waals surface area contributed by atoms with E-state index in [0.29, 0.717) is 19.5 Å². The zero-order valence-corrected chi connectivity index (χ0v) is 10.5. The first-order chi connectivity index (χ1) is 8.13. The van der Waals surface area contributed by atoms with Gasteiger partial charge in [0.1, 0.15) is 0 Å². The Morgan fingerprint density at radius 1 is 1.18 bits per heavy atom. The van der Waals surface area contributed by atoms with Crippen LogP contribution in [0, 0.1) is 0 Å². The summed E-state index contributed by atoms with van der Waals surface area (Å²) in [7, 11) is 0. The Morgan fingerprint density at radius 2 is 1.94 bits per heavy atom. The summed E-state index contributed by atoms with van der Waals surface area (Å²) in [6, 6.07) is 0. The Labute approximate surface area is 102 Å². The molecular weight excluding hydrogens is 220 g/mol. The predicted molar refractivity (Wildman–Crippen MR) is 64.8 cm³/mol. The van der Waals surface area contributed by atoms with Crippen molar-refractivity contribution in [2.75, 3.05) is 32.7 Å². The molecule has 1 saturated heterocycles. The maximum absolute atomic E-state index is 11.8. The molecule has 1 heterocycles. The van der Waals surface area contributed by atoms with E-state index in [0.717, 1.165) is 32.4 Å². The lowest BCUT2D eigenvalue weighted by Crippen LogP contribution is -2.36. The maximum atomic E-state index is 11.8. The maximum Gasteiger partial charge on any atom is 0.317 e. The fourth-order valence-electron chi connectivity index (χ4n) is 2.06. The average molecular weight is 242 g/mol. The number of aliphatic carboxylic acids is 1. The summed E-state index contributed by atoms with van der Waals surface area (Å²) >= 11 is 0. The number of carbonyl (C=O) groups is 2. The Balaban J connectivity index is 2.36. The number of carbonyl (C=O) groups excluding carboxylic acids is 1. The van der Waals surface area contributed by atoms with E-state index in [2.05, 4.69) is 6.92 Å². The molecule has 0 saturated carbocycles. The van der Waals surface area contributed by atoms with E-state index in [1.807, 2.05) is 9.80 Å².